The first-order valence-corrected chi connectivity index (χ1v) is 10.4. The molecule has 1 amide bonds. The summed E-state index contributed by atoms with van der Waals surface area (Å²) in [4.78, 5) is 30.6. The second kappa shape index (κ2) is 11.7. The Bertz CT molecular complexity index is 1000. The Hall–Kier alpha value is -3.80. The zero-order chi connectivity index (χ0) is 23.6. The smallest absolute Gasteiger partial charge is 0.411 e. The second-order valence-electron chi connectivity index (χ2n) is 7.26. The Balaban J connectivity index is 1.63. The fourth-order valence-corrected chi connectivity index (χ4v) is 3.21. The maximum Gasteiger partial charge on any atom is 0.411 e. The number of piperidine rings is 1. The number of hydrogen-bond donors (Lipinski definition) is 4. The standard InChI is InChI=1S/C21H27FN8O3/c1-24-7-10-33-29-16-5-8-30(9-6-16)20-26-12-15(13-27-20)17-4-2-3-14(18(17)22)11-25-19(23)28-21(31)32/h2-4,12-13,24H,5-11H2,1H3,(H,31,32)(H3,23,25,28). The van der Waals surface area contributed by atoms with Crippen LogP contribution in [0.2, 0.25) is 0 Å². The summed E-state index contributed by atoms with van der Waals surface area (Å²) in [6, 6.07) is 4.86. The van der Waals surface area contributed by atoms with Gasteiger partial charge in [-0.15, -0.1) is 0 Å². The van der Waals surface area contributed by atoms with Crippen LogP contribution in [0.15, 0.2) is 40.7 Å². The van der Waals surface area contributed by atoms with Crippen molar-refractivity contribution in [3.63, 3.8) is 0 Å². The minimum absolute atomic E-state index is 0.110. The van der Waals surface area contributed by atoms with E-state index in [4.69, 9.17) is 15.7 Å². The number of carboxylic acid groups (broad SMARTS) is 1. The van der Waals surface area contributed by atoms with Crippen molar-refractivity contribution in [1.29, 1.82) is 0 Å². The van der Waals surface area contributed by atoms with Crippen LogP contribution in [0.5, 0.6) is 0 Å². The summed E-state index contributed by atoms with van der Waals surface area (Å²) in [6.45, 7) is 2.62. The zero-order valence-corrected chi connectivity index (χ0v) is 18.3. The molecule has 2 heterocycles. The number of nitrogens with zero attached hydrogens (tertiary/aromatic N) is 5. The number of rotatable bonds is 8. The Kier molecular flexibility index (Phi) is 8.47. The lowest BCUT2D eigenvalue weighted by Gasteiger charge is -2.27. The molecule has 12 heteroatoms. The van der Waals surface area contributed by atoms with E-state index in [9.17, 15) is 9.18 Å². The van der Waals surface area contributed by atoms with Crippen LogP contribution in [0.4, 0.5) is 15.1 Å². The van der Waals surface area contributed by atoms with E-state index < -0.39 is 11.9 Å². The molecule has 0 aliphatic carbocycles. The highest BCUT2D eigenvalue weighted by molar-refractivity contribution is 5.92. The van der Waals surface area contributed by atoms with Crippen molar-refractivity contribution >= 4 is 23.7 Å². The van der Waals surface area contributed by atoms with Crippen LogP contribution in [0, 0.1) is 5.82 Å². The van der Waals surface area contributed by atoms with Gasteiger partial charge < -0.3 is 25.9 Å². The normalized spacial score (nSPS) is 14.2. The third-order valence-corrected chi connectivity index (χ3v) is 4.94. The number of amides is 1. The first kappa shape index (κ1) is 23.9. The van der Waals surface area contributed by atoms with Crippen molar-refractivity contribution in [2.75, 3.05) is 38.2 Å². The molecule has 1 aliphatic rings. The van der Waals surface area contributed by atoms with Gasteiger partial charge in [0.25, 0.3) is 0 Å². The molecular weight excluding hydrogens is 431 g/mol. The van der Waals surface area contributed by atoms with Gasteiger partial charge in [-0.05, 0) is 7.05 Å². The fraction of sp³-hybridized carbons (Fsp3) is 0.381. The Morgan fingerprint density at radius 1 is 1.30 bits per heavy atom. The van der Waals surface area contributed by atoms with Crippen molar-refractivity contribution in [2.24, 2.45) is 15.9 Å². The fourth-order valence-electron chi connectivity index (χ4n) is 3.21. The van der Waals surface area contributed by atoms with Gasteiger partial charge in [-0.3, -0.25) is 5.32 Å². The highest BCUT2D eigenvalue weighted by atomic mass is 19.1. The quantitative estimate of drug-likeness (QED) is 0.201. The molecular formula is C21H27FN8O3. The van der Waals surface area contributed by atoms with Crippen LogP contribution in [0.25, 0.3) is 11.1 Å². The molecule has 1 saturated heterocycles. The Morgan fingerprint density at radius 3 is 2.70 bits per heavy atom. The summed E-state index contributed by atoms with van der Waals surface area (Å²) < 4.78 is 15.0. The molecule has 5 N–H and O–H groups in total. The molecule has 11 nitrogen and oxygen atoms in total. The number of oxime groups is 1. The molecule has 0 saturated carbocycles. The highest BCUT2D eigenvalue weighted by Gasteiger charge is 2.18. The Labute approximate surface area is 190 Å². The number of benzene rings is 1. The number of aliphatic imine (C=N–C) groups is 1. The molecule has 3 rings (SSSR count). The lowest BCUT2D eigenvalue weighted by molar-refractivity contribution is 0.146. The van der Waals surface area contributed by atoms with Crippen molar-refractivity contribution in [1.82, 2.24) is 20.6 Å². The molecule has 1 aromatic heterocycles. The van der Waals surface area contributed by atoms with Crippen LogP contribution in [-0.4, -0.2) is 66.1 Å². The van der Waals surface area contributed by atoms with Crippen molar-refractivity contribution in [3.05, 3.63) is 42.0 Å². The van der Waals surface area contributed by atoms with E-state index in [-0.39, 0.29) is 18.1 Å². The summed E-state index contributed by atoms with van der Waals surface area (Å²) in [6.07, 6.45) is 3.36. The molecule has 0 radical (unpaired) electrons. The number of hydrogen-bond acceptors (Lipinski definition) is 8. The predicted molar refractivity (Wildman–Crippen MR) is 123 cm³/mol. The molecule has 0 spiro atoms. The van der Waals surface area contributed by atoms with Crippen molar-refractivity contribution in [3.8, 4) is 11.1 Å². The predicted octanol–water partition coefficient (Wildman–Crippen LogP) is 1.56. The number of halogens is 1. The van der Waals surface area contributed by atoms with Gasteiger partial charge in [-0.1, -0.05) is 23.4 Å². The molecule has 2 aromatic rings. The number of aromatic nitrogens is 2. The van der Waals surface area contributed by atoms with Gasteiger partial charge >= 0.3 is 6.09 Å². The topological polar surface area (TPSA) is 150 Å². The van der Waals surface area contributed by atoms with E-state index in [1.165, 1.54) is 0 Å². The van der Waals surface area contributed by atoms with Gasteiger partial charge in [0.15, 0.2) is 5.96 Å². The largest absolute Gasteiger partial charge is 0.465 e. The third-order valence-electron chi connectivity index (χ3n) is 4.94. The lowest BCUT2D eigenvalue weighted by Crippen LogP contribution is -2.35. The van der Waals surface area contributed by atoms with Gasteiger partial charge in [-0.2, -0.15) is 0 Å². The SMILES string of the molecule is CNCCON=C1CCN(c2ncc(-c3cccc(CN=C(N)NC(=O)O)c3F)cn2)CC1. The summed E-state index contributed by atoms with van der Waals surface area (Å²) >= 11 is 0. The summed E-state index contributed by atoms with van der Waals surface area (Å²) in [5.74, 6) is -0.223. The minimum atomic E-state index is -1.34. The average Bonchev–Trinajstić information content (AvgIpc) is 2.81. The second-order valence-corrected chi connectivity index (χ2v) is 7.26. The molecule has 1 fully saturated rings. The molecule has 0 bridgehead atoms. The summed E-state index contributed by atoms with van der Waals surface area (Å²) in [5, 5.41) is 17.7. The maximum atomic E-state index is 15.0. The molecule has 0 unspecified atom stereocenters. The third kappa shape index (κ3) is 6.84. The van der Waals surface area contributed by atoms with Gasteiger partial charge in [0.2, 0.25) is 5.95 Å². The van der Waals surface area contributed by atoms with E-state index >= 15 is 0 Å². The van der Waals surface area contributed by atoms with Crippen molar-refractivity contribution < 1.29 is 19.1 Å². The van der Waals surface area contributed by atoms with Crippen molar-refractivity contribution in [2.45, 2.75) is 19.4 Å². The molecule has 33 heavy (non-hydrogen) atoms. The Morgan fingerprint density at radius 2 is 2.03 bits per heavy atom. The maximum absolute atomic E-state index is 15.0. The first-order chi connectivity index (χ1) is 16.0. The average molecular weight is 458 g/mol. The molecule has 1 aliphatic heterocycles. The van der Waals surface area contributed by atoms with Gasteiger partial charge in [0.05, 0.1) is 12.3 Å². The zero-order valence-electron chi connectivity index (χ0n) is 18.3. The van der Waals surface area contributed by atoms with Crippen LogP contribution in [0.1, 0.15) is 18.4 Å². The van der Waals surface area contributed by atoms with E-state index in [0.717, 1.165) is 38.2 Å². The number of anilines is 1. The number of nitrogens with two attached hydrogens (primary N) is 1. The molecule has 1 aromatic carbocycles. The number of nitrogens with one attached hydrogen (secondary N) is 2. The van der Waals surface area contributed by atoms with Crippen LogP contribution >= 0.6 is 0 Å². The van der Waals surface area contributed by atoms with E-state index in [2.05, 4.69) is 30.3 Å². The summed E-state index contributed by atoms with van der Waals surface area (Å²) in [5.41, 5.74) is 7.58. The van der Waals surface area contributed by atoms with Gasteiger partial charge in [0, 0.05) is 61.6 Å². The highest BCUT2D eigenvalue weighted by Crippen LogP contribution is 2.25. The summed E-state index contributed by atoms with van der Waals surface area (Å²) in [7, 11) is 1.86. The lowest BCUT2D eigenvalue weighted by atomic mass is 10.0. The minimum Gasteiger partial charge on any atom is -0.465 e. The molecule has 176 valence electrons. The van der Waals surface area contributed by atoms with Crippen LogP contribution in [-0.2, 0) is 11.4 Å². The number of guanidine groups is 1. The number of carbonyl (C=O) groups is 1. The number of likely N-dealkylation sites (N-methyl/N-ethyl adjacent to an activating group) is 1. The van der Waals surface area contributed by atoms with Crippen LogP contribution in [0.3, 0.4) is 0 Å². The molecule has 0 atom stereocenters. The van der Waals surface area contributed by atoms with Gasteiger partial charge in [-0.25, -0.2) is 24.1 Å². The van der Waals surface area contributed by atoms with E-state index in [1.807, 2.05) is 12.4 Å². The van der Waals surface area contributed by atoms with E-state index in [1.54, 1.807) is 30.6 Å². The first-order valence-electron chi connectivity index (χ1n) is 10.4. The monoisotopic (exact) mass is 458 g/mol. The van der Waals surface area contributed by atoms with Crippen LogP contribution < -0.4 is 21.3 Å². The van der Waals surface area contributed by atoms with E-state index in [0.29, 0.717) is 23.7 Å². The van der Waals surface area contributed by atoms with Gasteiger partial charge in [0.1, 0.15) is 12.4 Å².